The van der Waals surface area contributed by atoms with Gasteiger partial charge in [0.1, 0.15) is 10.6 Å². The first-order valence-electron chi connectivity index (χ1n) is 8.77. The van der Waals surface area contributed by atoms with Crippen LogP contribution in [0.5, 0.6) is 22.3 Å². The number of hydrazine groups is 1. The Balaban J connectivity index is 1.60. The smallest absolute Gasteiger partial charge is 0.346 e. The normalized spacial score (nSPS) is 18.0. The van der Waals surface area contributed by atoms with Crippen molar-refractivity contribution in [2.45, 2.75) is 19.3 Å². The van der Waals surface area contributed by atoms with E-state index >= 15 is 0 Å². The lowest BCUT2D eigenvalue weighted by molar-refractivity contribution is 0.0701. The van der Waals surface area contributed by atoms with Crippen LogP contribution in [-0.4, -0.2) is 36.5 Å². The number of nitrogens with zero attached hydrogens (tertiary/aromatic N) is 1. The maximum absolute atomic E-state index is 11.8. The minimum Gasteiger partial charge on any atom is -0.477 e. The number of rotatable bonds is 3. The summed E-state index contributed by atoms with van der Waals surface area (Å²) < 4.78 is 16.9. The van der Waals surface area contributed by atoms with Gasteiger partial charge < -0.3 is 24.7 Å². The number of carboxylic acids is 1. The number of likely N-dealkylation sites (N-methyl/N-ethyl adjacent to an activating group) is 1. The highest BCUT2D eigenvalue weighted by Gasteiger charge is 2.32. The molecule has 2 aliphatic heterocycles. The lowest BCUT2D eigenvalue weighted by atomic mass is 10.1. The molecule has 0 atom stereocenters. The van der Waals surface area contributed by atoms with Crippen LogP contribution in [0.25, 0.3) is 5.70 Å². The van der Waals surface area contributed by atoms with Gasteiger partial charge in [0.2, 0.25) is 6.79 Å². The summed E-state index contributed by atoms with van der Waals surface area (Å²) >= 11 is 1.18. The van der Waals surface area contributed by atoms with E-state index in [1.54, 1.807) is 18.2 Å². The van der Waals surface area contributed by atoms with E-state index in [2.05, 4.69) is 5.43 Å². The predicted octanol–water partition coefficient (Wildman–Crippen LogP) is 3.46. The number of thiophene rings is 1. The van der Waals surface area contributed by atoms with Crippen LogP contribution in [0, 0.1) is 0 Å². The summed E-state index contributed by atoms with van der Waals surface area (Å²) in [6, 6.07) is 5.38. The van der Waals surface area contributed by atoms with Crippen LogP contribution in [0.1, 0.15) is 33.6 Å². The molecule has 0 radical (unpaired) electrons. The number of carboxylic acid groups (broad SMARTS) is 1. The molecule has 3 heterocycles. The van der Waals surface area contributed by atoms with Gasteiger partial charge in [-0.05, 0) is 42.5 Å². The Bertz CT molecular complexity index is 981. The molecule has 0 spiro atoms. The zero-order valence-corrected chi connectivity index (χ0v) is 15.5. The summed E-state index contributed by atoms with van der Waals surface area (Å²) in [7, 11) is 1.98. The molecular formula is C19H18N2O5S. The van der Waals surface area contributed by atoms with E-state index in [1.165, 1.54) is 16.9 Å². The maximum Gasteiger partial charge on any atom is 0.346 e. The number of nitrogens with one attached hydrogen (secondary N) is 1. The molecule has 1 aromatic heterocycles. The van der Waals surface area contributed by atoms with Gasteiger partial charge >= 0.3 is 5.97 Å². The Labute approximate surface area is 159 Å². The third-order valence-electron chi connectivity index (χ3n) is 4.96. The Morgan fingerprint density at radius 3 is 3.00 bits per heavy atom. The monoisotopic (exact) mass is 386 g/mol. The first kappa shape index (κ1) is 16.5. The molecule has 0 fully saturated rings. The standard InChI is InChI=1S/C19H18N2O5S/c1-21-8-10-3-2-4-12-15(16(10)20-21)19(27-17(12)18(22)23)26-11-5-6-13-14(7-11)25-9-24-13/h5-7,20H,2-4,8-9H2,1H3,(H,22,23). The fourth-order valence-electron chi connectivity index (χ4n) is 3.82. The van der Waals surface area contributed by atoms with Crippen molar-refractivity contribution in [3.63, 3.8) is 0 Å². The Morgan fingerprint density at radius 2 is 2.15 bits per heavy atom. The average Bonchev–Trinajstić information content (AvgIpc) is 3.30. The Morgan fingerprint density at radius 1 is 1.30 bits per heavy atom. The molecule has 2 aromatic rings. The highest BCUT2D eigenvalue weighted by atomic mass is 32.1. The third-order valence-corrected chi connectivity index (χ3v) is 6.06. The molecule has 8 heteroatoms. The molecule has 2 N–H and O–H groups in total. The van der Waals surface area contributed by atoms with Crippen LogP contribution >= 0.6 is 11.3 Å². The summed E-state index contributed by atoms with van der Waals surface area (Å²) in [5.41, 5.74) is 7.40. The number of hydrogen-bond acceptors (Lipinski definition) is 7. The van der Waals surface area contributed by atoms with Crippen molar-refractivity contribution in [3.05, 3.63) is 39.8 Å². The van der Waals surface area contributed by atoms with E-state index in [0.29, 0.717) is 27.2 Å². The second-order valence-electron chi connectivity index (χ2n) is 6.79. The highest BCUT2D eigenvalue weighted by Crippen LogP contribution is 2.47. The second-order valence-corrected chi connectivity index (χ2v) is 7.78. The quantitative estimate of drug-likeness (QED) is 0.836. The molecule has 1 aliphatic carbocycles. The fourth-order valence-corrected chi connectivity index (χ4v) is 4.88. The predicted molar refractivity (Wildman–Crippen MR) is 99.5 cm³/mol. The zero-order valence-electron chi connectivity index (χ0n) is 14.7. The number of benzene rings is 1. The van der Waals surface area contributed by atoms with Gasteiger partial charge in [0.25, 0.3) is 0 Å². The Hall–Kier alpha value is -2.71. The van der Waals surface area contributed by atoms with Gasteiger partial charge in [-0.15, -0.1) is 0 Å². The lowest BCUT2D eigenvalue weighted by Gasteiger charge is -2.14. The SMILES string of the molecule is CN1CC2=C(N1)c1c(Oc3ccc4c(c3)OCO4)sc(C(=O)O)c1CCC2. The minimum absolute atomic E-state index is 0.197. The van der Waals surface area contributed by atoms with E-state index in [9.17, 15) is 9.90 Å². The number of hydrogen-bond donors (Lipinski definition) is 2. The van der Waals surface area contributed by atoms with E-state index in [-0.39, 0.29) is 6.79 Å². The van der Waals surface area contributed by atoms with Crippen molar-refractivity contribution in [3.8, 4) is 22.3 Å². The molecule has 140 valence electrons. The third kappa shape index (κ3) is 2.72. The molecular weight excluding hydrogens is 368 g/mol. The van der Waals surface area contributed by atoms with Crippen molar-refractivity contribution in [1.82, 2.24) is 10.4 Å². The average molecular weight is 386 g/mol. The molecule has 7 nitrogen and oxygen atoms in total. The molecule has 3 aliphatic rings. The van der Waals surface area contributed by atoms with Gasteiger partial charge in [-0.3, -0.25) is 0 Å². The van der Waals surface area contributed by atoms with E-state index in [4.69, 9.17) is 14.2 Å². The van der Waals surface area contributed by atoms with Gasteiger partial charge in [0.15, 0.2) is 16.6 Å². The van der Waals surface area contributed by atoms with E-state index in [0.717, 1.165) is 42.6 Å². The molecule has 0 amide bonds. The first-order chi connectivity index (χ1) is 13.1. The number of ether oxygens (including phenoxy) is 3. The van der Waals surface area contributed by atoms with Crippen LogP contribution in [0.4, 0.5) is 0 Å². The summed E-state index contributed by atoms with van der Waals surface area (Å²) in [5.74, 6) is 1.00. The van der Waals surface area contributed by atoms with Crippen LogP contribution in [0.15, 0.2) is 23.8 Å². The van der Waals surface area contributed by atoms with Crippen molar-refractivity contribution < 1.29 is 24.1 Å². The number of fused-ring (bicyclic) bond motifs is 3. The number of aromatic carboxylic acids is 1. The highest BCUT2D eigenvalue weighted by molar-refractivity contribution is 7.16. The maximum atomic E-state index is 11.8. The minimum atomic E-state index is -0.910. The molecule has 0 bridgehead atoms. The van der Waals surface area contributed by atoms with Crippen molar-refractivity contribution in [2.75, 3.05) is 20.4 Å². The molecule has 27 heavy (non-hydrogen) atoms. The Kier molecular flexibility index (Phi) is 3.76. The summed E-state index contributed by atoms with van der Waals surface area (Å²) in [6.45, 7) is 1.03. The molecule has 0 unspecified atom stereocenters. The topological polar surface area (TPSA) is 80.3 Å². The van der Waals surface area contributed by atoms with Gasteiger partial charge in [-0.25, -0.2) is 9.80 Å². The summed E-state index contributed by atoms with van der Waals surface area (Å²) in [4.78, 5) is 12.2. The zero-order chi connectivity index (χ0) is 18.5. The van der Waals surface area contributed by atoms with Crippen LogP contribution in [0.2, 0.25) is 0 Å². The van der Waals surface area contributed by atoms with Crippen LogP contribution < -0.4 is 19.6 Å². The largest absolute Gasteiger partial charge is 0.477 e. The fraction of sp³-hybridized carbons (Fsp3) is 0.316. The summed E-state index contributed by atoms with van der Waals surface area (Å²) in [6.07, 6.45) is 2.62. The van der Waals surface area contributed by atoms with Crippen molar-refractivity contribution in [1.29, 1.82) is 0 Å². The van der Waals surface area contributed by atoms with Crippen molar-refractivity contribution in [2.24, 2.45) is 0 Å². The van der Waals surface area contributed by atoms with E-state index in [1.807, 2.05) is 12.1 Å². The van der Waals surface area contributed by atoms with Gasteiger partial charge in [0.05, 0.1) is 11.3 Å². The van der Waals surface area contributed by atoms with Crippen LogP contribution in [0.3, 0.4) is 0 Å². The lowest BCUT2D eigenvalue weighted by Crippen LogP contribution is -2.27. The van der Waals surface area contributed by atoms with Gasteiger partial charge in [-0.1, -0.05) is 11.3 Å². The van der Waals surface area contributed by atoms with Crippen molar-refractivity contribution >= 4 is 23.0 Å². The number of carbonyl (C=O) groups is 1. The first-order valence-corrected chi connectivity index (χ1v) is 9.58. The van der Waals surface area contributed by atoms with E-state index < -0.39 is 5.97 Å². The molecule has 0 saturated carbocycles. The molecule has 1 aromatic carbocycles. The van der Waals surface area contributed by atoms with Gasteiger partial charge in [-0.2, -0.15) is 0 Å². The van der Waals surface area contributed by atoms with Gasteiger partial charge in [0, 0.05) is 19.7 Å². The molecule has 5 rings (SSSR count). The molecule has 0 saturated heterocycles. The second kappa shape index (κ2) is 6.17. The summed E-state index contributed by atoms with van der Waals surface area (Å²) in [5, 5.41) is 12.3. The van der Waals surface area contributed by atoms with Crippen LogP contribution in [-0.2, 0) is 6.42 Å².